The molecule has 1 aliphatic rings. The zero-order chi connectivity index (χ0) is 22.5. The summed E-state index contributed by atoms with van der Waals surface area (Å²) in [5, 5.41) is 14.2. The van der Waals surface area contributed by atoms with Gasteiger partial charge in [0.1, 0.15) is 12.1 Å². The molecule has 31 heavy (non-hydrogen) atoms. The van der Waals surface area contributed by atoms with Crippen LogP contribution in [0.4, 0.5) is 21.5 Å². The summed E-state index contributed by atoms with van der Waals surface area (Å²) >= 11 is 0. The molecule has 0 spiro atoms. The number of carbonyl (C=O) groups is 2. The number of nitrogens with zero attached hydrogens (tertiary/aromatic N) is 3. The maximum atomic E-state index is 14.6. The highest BCUT2D eigenvalue weighted by atomic mass is 19.1. The van der Waals surface area contributed by atoms with Gasteiger partial charge in [-0.25, -0.2) is 4.39 Å². The minimum absolute atomic E-state index is 0.143. The van der Waals surface area contributed by atoms with E-state index in [1.54, 1.807) is 30.0 Å². The Morgan fingerprint density at radius 3 is 2.52 bits per heavy atom. The van der Waals surface area contributed by atoms with Crippen LogP contribution in [0.3, 0.4) is 0 Å². The molecule has 1 heterocycles. The summed E-state index contributed by atoms with van der Waals surface area (Å²) in [4.78, 5) is 38.1. The number of carbonyl (C=O) groups excluding carboxylic acids is 2. The van der Waals surface area contributed by atoms with E-state index in [1.807, 2.05) is 11.8 Å². The number of aldehydes is 1. The van der Waals surface area contributed by atoms with Crippen molar-refractivity contribution in [3.63, 3.8) is 0 Å². The molecule has 0 bridgehead atoms. The van der Waals surface area contributed by atoms with Crippen LogP contribution in [0.1, 0.15) is 35.7 Å². The third-order valence-electron chi connectivity index (χ3n) is 5.42. The van der Waals surface area contributed by atoms with Gasteiger partial charge >= 0.3 is 0 Å². The van der Waals surface area contributed by atoms with Gasteiger partial charge in [0, 0.05) is 56.5 Å². The molecule has 0 saturated carbocycles. The first-order valence-electron chi connectivity index (χ1n) is 10.2. The predicted molar refractivity (Wildman–Crippen MR) is 116 cm³/mol. The molecule has 164 valence electrons. The van der Waals surface area contributed by atoms with Gasteiger partial charge in [-0.1, -0.05) is 13.0 Å². The highest BCUT2D eigenvalue weighted by molar-refractivity contribution is 6.00. The molecule has 2 aromatic carbocycles. The lowest BCUT2D eigenvalue weighted by molar-refractivity contribution is -0.384. The fourth-order valence-corrected chi connectivity index (χ4v) is 3.63. The summed E-state index contributed by atoms with van der Waals surface area (Å²) in [7, 11) is 0. The van der Waals surface area contributed by atoms with Crippen molar-refractivity contribution in [2.45, 2.75) is 19.8 Å². The second kappa shape index (κ2) is 9.55. The first-order chi connectivity index (χ1) is 14.8. The Balaban J connectivity index is 1.74. The van der Waals surface area contributed by atoms with Crippen LogP contribution >= 0.6 is 0 Å². The van der Waals surface area contributed by atoms with Crippen molar-refractivity contribution in [2.24, 2.45) is 0 Å². The molecule has 1 amide bonds. The Bertz CT molecular complexity index is 989. The second-order valence-electron chi connectivity index (χ2n) is 7.43. The number of anilines is 2. The van der Waals surface area contributed by atoms with Crippen LogP contribution in [0.5, 0.6) is 0 Å². The Morgan fingerprint density at radius 1 is 1.23 bits per heavy atom. The normalized spacial score (nSPS) is 14.8. The smallest absolute Gasteiger partial charge is 0.270 e. The molecule has 1 aliphatic heterocycles. The lowest BCUT2D eigenvalue weighted by Crippen LogP contribution is -2.49. The van der Waals surface area contributed by atoms with Crippen LogP contribution < -0.4 is 10.2 Å². The van der Waals surface area contributed by atoms with Gasteiger partial charge in [-0.3, -0.25) is 14.9 Å². The average Bonchev–Trinajstić information content (AvgIpc) is 2.78. The summed E-state index contributed by atoms with van der Waals surface area (Å²) in [5.74, 6) is -1.08. The molecule has 1 fully saturated rings. The van der Waals surface area contributed by atoms with Gasteiger partial charge in [0.25, 0.3) is 11.6 Å². The van der Waals surface area contributed by atoms with Crippen molar-refractivity contribution in [1.29, 1.82) is 0 Å². The molecule has 0 aliphatic carbocycles. The number of benzene rings is 2. The van der Waals surface area contributed by atoms with E-state index < -0.39 is 10.7 Å². The quantitative estimate of drug-likeness (QED) is 0.412. The van der Waals surface area contributed by atoms with E-state index in [9.17, 15) is 24.1 Å². The molecule has 1 unspecified atom stereocenters. The fraction of sp³-hybridized carbons (Fsp3) is 0.364. The standard InChI is InChI=1S/C22H25FN4O4/c1-3-24-20-6-5-17(27(30)31)13-18(20)22(29)26-10-8-25(9-11-26)21-7-4-16(12-19(21)23)15(2)14-28/h4-7,12-15,24H,3,8-11H2,1-2H3. The molecule has 0 aromatic heterocycles. The van der Waals surface area contributed by atoms with E-state index in [0.717, 1.165) is 6.29 Å². The van der Waals surface area contributed by atoms with Crippen molar-refractivity contribution >= 4 is 29.3 Å². The largest absolute Gasteiger partial charge is 0.385 e. The number of hydrogen-bond donors (Lipinski definition) is 1. The summed E-state index contributed by atoms with van der Waals surface area (Å²) in [6.45, 7) is 5.74. The predicted octanol–water partition coefficient (Wildman–Crippen LogP) is 3.43. The van der Waals surface area contributed by atoms with Crippen molar-refractivity contribution < 1.29 is 18.9 Å². The van der Waals surface area contributed by atoms with Gasteiger partial charge in [0.2, 0.25) is 0 Å². The first-order valence-corrected chi connectivity index (χ1v) is 10.2. The molecule has 9 heteroatoms. The third-order valence-corrected chi connectivity index (χ3v) is 5.42. The molecule has 1 saturated heterocycles. The maximum Gasteiger partial charge on any atom is 0.270 e. The molecular weight excluding hydrogens is 403 g/mol. The van der Waals surface area contributed by atoms with E-state index in [2.05, 4.69) is 5.32 Å². The van der Waals surface area contributed by atoms with Crippen molar-refractivity contribution in [3.05, 3.63) is 63.5 Å². The molecule has 8 nitrogen and oxygen atoms in total. The Labute approximate surface area is 179 Å². The van der Waals surface area contributed by atoms with Gasteiger partial charge in [0.15, 0.2) is 0 Å². The minimum atomic E-state index is -0.525. The molecule has 1 N–H and O–H groups in total. The van der Waals surface area contributed by atoms with E-state index >= 15 is 0 Å². The van der Waals surface area contributed by atoms with Gasteiger partial charge < -0.3 is 19.9 Å². The molecule has 3 rings (SSSR count). The Morgan fingerprint density at radius 2 is 1.94 bits per heavy atom. The zero-order valence-electron chi connectivity index (χ0n) is 17.5. The molecular formula is C22H25FN4O4. The summed E-state index contributed by atoms with van der Waals surface area (Å²) in [6.07, 6.45) is 0.772. The first kappa shape index (κ1) is 22.2. The zero-order valence-corrected chi connectivity index (χ0v) is 17.5. The Hall–Kier alpha value is -3.49. The van der Waals surface area contributed by atoms with E-state index in [0.29, 0.717) is 49.7 Å². The Kier molecular flexibility index (Phi) is 6.84. The topological polar surface area (TPSA) is 95.8 Å². The number of nitro benzene ring substituents is 1. The van der Waals surface area contributed by atoms with Crippen LogP contribution in [0.15, 0.2) is 36.4 Å². The van der Waals surface area contributed by atoms with E-state index in [4.69, 9.17) is 0 Å². The summed E-state index contributed by atoms with van der Waals surface area (Å²) in [6, 6.07) is 8.97. The fourth-order valence-electron chi connectivity index (χ4n) is 3.63. The maximum absolute atomic E-state index is 14.6. The van der Waals surface area contributed by atoms with Gasteiger partial charge in [-0.05, 0) is 30.7 Å². The number of hydrogen-bond acceptors (Lipinski definition) is 6. The van der Waals surface area contributed by atoms with Crippen LogP contribution in [0, 0.1) is 15.9 Å². The number of amides is 1. The summed E-state index contributed by atoms with van der Waals surface area (Å²) in [5.41, 5.74) is 1.70. The number of piperazine rings is 1. The minimum Gasteiger partial charge on any atom is -0.385 e. The van der Waals surface area contributed by atoms with E-state index in [1.165, 1.54) is 18.2 Å². The SMILES string of the molecule is CCNc1ccc([N+](=O)[O-])cc1C(=O)N1CCN(c2ccc(C(C)C=O)cc2F)CC1. The van der Waals surface area contributed by atoms with Crippen molar-refractivity contribution in [2.75, 3.05) is 42.9 Å². The monoisotopic (exact) mass is 428 g/mol. The van der Waals surface area contributed by atoms with Gasteiger partial charge in [-0.15, -0.1) is 0 Å². The second-order valence-corrected chi connectivity index (χ2v) is 7.43. The number of halogens is 1. The van der Waals surface area contributed by atoms with Crippen LogP contribution in [-0.2, 0) is 4.79 Å². The van der Waals surface area contributed by atoms with Gasteiger partial charge in [-0.2, -0.15) is 0 Å². The molecule has 2 aromatic rings. The lowest BCUT2D eigenvalue weighted by atomic mass is 10.0. The van der Waals surface area contributed by atoms with Gasteiger partial charge in [0.05, 0.1) is 16.2 Å². The number of nitro groups is 1. The number of non-ortho nitro benzene ring substituents is 1. The third kappa shape index (κ3) is 4.82. The average molecular weight is 428 g/mol. The van der Waals surface area contributed by atoms with Crippen LogP contribution in [0.25, 0.3) is 0 Å². The number of nitrogens with one attached hydrogen (secondary N) is 1. The highest BCUT2D eigenvalue weighted by Crippen LogP contribution is 2.27. The summed E-state index contributed by atoms with van der Waals surface area (Å²) < 4.78 is 14.6. The van der Waals surface area contributed by atoms with Crippen LogP contribution in [0.2, 0.25) is 0 Å². The molecule has 0 radical (unpaired) electrons. The number of rotatable bonds is 7. The van der Waals surface area contributed by atoms with Crippen molar-refractivity contribution in [1.82, 2.24) is 4.90 Å². The van der Waals surface area contributed by atoms with Crippen LogP contribution in [-0.4, -0.2) is 54.7 Å². The molecule has 1 atom stereocenters. The highest BCUT2D eigenvalue weighted by Gasteiger charge is 2.26. The lowest BCUT2D eigenvalue weighted by Gasteiger charge is -2.36. The van der Waals surface area contributed by atoms with E-state index in [-0.39, 0.29) is 23.1 Å². The van der Waals surface area contributed by atoms with Crippen molar-refractivity contribution in [3.8, 4) is 0 Å².